The normalized spacial score (nSPS) is 14.9. The molecule has 1 aliphatic rings. The fourth-order valence-electron chi connectivity index (χ4n) is 3.50. The van der Waals surface area contributed by atoms with Gasteiger partial charge in [0.2, 0.25) is 21.1 Å². The van der Waals surface area contributed by atoms with E-state index in [-0.39, 0.29) is 16.6 Å². The lowest BCUT2D eigenvalue weighted by Crippen LogP contribution is -2.35. The molecule has 2 N–H and O–H groups in total. The lowest BCUT2D eigenvalue weighted by molar-refractivity contribution is -0.113. The van der Waals surface area contributed by atoms with E-state index < -0.39 is 10.0 Å². The van der Waals surface area contributed by atoms with Crippen LogP contribution in [0.1, 0.15) is 24.8 Å². The SMILES string of the molecule is Cc1ccc(S(=O)(=O)N2CCCCC2)cc1NC(=O)CSc1n[nH]c(-c2ccccc2)n1. The average molecular weight is 472 g/mol. The third-order valence-electron chi connectivity index (χ3n) is 5.28. The molecule has 4 rings (SSSR count). The Labute approximate surface area is 191 Å². The van der Waals surface area contributed by atoms with Crippen molar-refractivity contribution in [2.24, 2.45) is 0 Å². The zero-order valence-electron chi connectivity index (χ0n) is 17.7. The first-order valence-corrected chi connectivity index (χ1v) is 12.9. The summed E-state index contributed by atoms with van der Waals surface area (Å²) in [6.07, 6.45) is 2.80. The Morgan fingerprint density at radius 1 is 1.12 bits per heavy atom. The minimum Gasteiger partial charge on any atom is -0.325 e. The summed E-state index contributed by atoms with van der Waals surface area (Å²) >= 11 is 1.21. The van der Waals surface area contributed by atoms with Crippen LogP contribution in [-0.2, 0) is 14.8 Å². The number of carbonyl (C=O) groups is 1. The molecule has 1 amide bonds. The quantitative estimate of drug-likeness (QED) is 0.509. The van der Waals surface area contributed by atoms with Crippen molar-refractivity contribution in [2.45, 2.75) is 36.2 Å². The van der Waals surface area contributed by atoms with Crippen LogP contribution >= 0.6 is 11.8 Å². The zero-order chi connectivity index (χ0) is 22.6. The molecule has 10 heteroatoms. The molecule has 0 unspecified atom stereocenters. The van der Waals surface area contributed by atoms with Crippen molar-refractivity contribution in [3.05, 3.63) is 54.1 Å². The third-order valence-corrected chi connectivity index (χ3v) is 8.02. The lowest BCUT2D eigenvalue weighted by atomic mass is 10.2. The van der Waals surface area contributed by atoms with Crippen molar-refractivity contribution >= 4 is 33.4 Å². The lowest BCUT2D eigenvalue weighted by Gasteiger charge is -2.26. The number of anilines is 1. The molecule has 0 bridgehead atoms. The standard InChI is InChI=1S/C22H25N5O3S2/c1-16-10-11-18(32(29,30)27-12-6-3-7-13-27)14-19(16)23-20(28)15-31-22-24-21(25-26-22)17-8-4-2-5-9-17/h2,4-5,8-11,14H,3,6-7,12-13,15H2,1H3,(H,23,28)(H,24,25,26). The molecule has 0 saturated carbocycles. The maximum atomic E-state index is 13.0. The predicted molar refractivity (Wildman–Crippen MR) is 125 cm³/mol. The molecule has 0 aliphatic carbocycles. The summed E-state index contributed by atoms with van der Waals surface area (Å²) in [5.74, 6) is 0.492. The van der Waals surface area contributed by atoms with Crippen LogP contribution in [0.15, 0.2) is 58.6 Å². The van der Waals surface area contributed by atoms with Gasteiger partial charge in [0, 0.05) is 24.3 Å². The highest BCUT2D eigenvalue weighted by molar-refractivity contribution is 7.99. The molecule has 32 heavy (non-hydrogen) atoms. The first-order valence-electron chi connectivity index (χ1n) is 10.4. The van der Waals surface area contributed by atoms with Crippen LogP contribution in [-0.4, -0.2) is 52.7 Å². The Hall–Kier alpha value is -2.69. The van der Waals surface area contributed by atoms with Gasteiger partial charge < -0.3 is 5.32 Å². The molecular formula is C22H25N5O3S2. The van der Waals surface area contributed by atoms with Gasteiger partial charge in [0.25, 0.3) is 0 Å². The second-order valence-electron chi connectivity index (χ2n) is 7.61. The average Bonchev–Trinajstić information content (AvgIpc) is 3.29. The van der Waals surface area contributed by atoms with Gasteiger partial charge in [0.05, 0.1) is 10.6 Å². The first-order chi connectivity index (χ1) is 15.4. The summed E-state index contributed by atoms with van der Waals surface area (Å²) in [5.41, 5.74) is 2.21. The second-order valence-corrected chi connectivity index (χ2v) is 10.5. The number of aromatic nitrogens is 3. The maximum absolute atomic E-state index is 13.0. The highest BCUT2D eigenvalue weighted by Crippen LogP contribution is 2.26. The Balaban J connectivity index is 1.40. The number of aryl methyl sites for hydroxylation is 1. The minimum absolute atomic E-state index is 0.106. The molecule has 3 aromatic rings. The van der Waals surface area contributed by atoms with Crippen molar-refractivity contribution in [3.8, 4) is 11.4 Å². The molecular weight excluding hydrogens is 446 g/mol. The van der Waals surface area contributed by atoms with E-state index in [0.717, 1.165) is 30.4 Å². The second kappa shape index (κ2) is 9.85. The summed E-state index contributed by atoms with van der Waals surface area (Å²) < 4.78 is 27.4. The Bertz CT molecular complexity index is 1190. The fraction of sp³-hybridized carbons (Fsp3) is 0.318. The van der Waals surface area contributed by atoms with Crippen molar-refractivity contribution in [3.63, 3.8) is 0 Å². The van der Waals surface area contributed by atoms with E-state index in [1.165, 1.54) is 16.1 Å². The number of hydrogen-bond donors (Lipinski definition) is 2. The molecule has 8 nitrogen and oxygen atoms in total. The van der Waals surface area contributed by atoms with Crippen LogP contribution in [0.2, 0.25) is 0 Å². The van der Waals surface area contributed by atoms with Gasteiger partial charge in [-0.3, -0.25) is 9.89 Å². The monoisotopic (exact) mass is 471 g/mol. The molecule has 2 heterocycles. The number of thioether (sulfide) groups is 1. The number of amides is 1. The number of nitrogens with zero attached hydrogens (tertiary/aromatic N) is 3. The van der Waals surface area contributed by atoms with Crippen LogP contribution in [0.4, 0.5) is 5.69 Å². The van der Waals surface area contributed by atoms with E-state index in [9.17, 15) is 13.2 Å². The molecule has 2 aromatic carbocycles. The van der Waals surface area contributed by atoms with Gasteiger partial charge >= 0.3 is 0 Å². The zero-order valence-corrected chi connectivity index (χ0v) is 19.4. The number of aromatic amines is 1. The Kier molecular flexibility index (Phi) is 6.92. The summed E-state index contributed by atoms with van der Waals surface area (Å²) in [7, 11) is -3.56. The van der Waals surface area contributed by atoms with Crippen LogP contribution in [0.3, 0.4) is 0 Å². The number of carbonyl (C=O) groups excluding carboxylic acids is 1. The van der Waals surface area contributed by atoms with Crippen molar-refractivity contribution in [2.75, 3.05) is 24.2 Å². The molecule has 168 valence electrons. The van der Waals surface area contributed by atoms with Crippen molar-refractivity contribution in [1.82, 2.24) is 19.5 Å². The molecule has 1 aliphatic heterocycles. The number of piperidine rings is 1. The number of rotatable bonds is 7. The van der Waals surface area contributed by atoms with E-state index in [4.69, 9.17) is 0 Å². The van der Waals surface area contributed by atoms with E-state index in [1.807, 2.05) is 37.3 Å². The Morgan fingerprint density at radius 3 is 2.62 bits per heavy atom. The Morgan fingerprint density at radius 2 is 1.88 bits per heavy atom. The van der Waals surface area contributed by atoms with E-state index in [1.54, 1.807) is 18.2 Å². The van der Waals surface area contributed by atoms with Crippen molar-refractivity contribution in [1.29, 1.82) is 0 Å². The third kappa shape index (κ3) is 5.20. The van der Waals surface area contributed by atoms with Gasteiger partial charge in [-0.2, -0.15) is 4.31 Å². The van der Waals surface area contributed by atoms with Crippen LogP contribution in [0.25, 0.3) is 11.4 Å². The highest BCUT2D eigenvalue weighted by Gasteiger charge is 2.26. The van der Waals surface area contributed by atoms with E-state index in [2.05, 4.69) is 20.5 Å². The number of benzene rings is 2. The van der Waals surface area contributed by atoms with Gasteiger partial charge in [-0.15, -0.1) is 5.10 Å². The van der Waals surface area contributed by atoms with Gasteiger partial charge in [0.1, 0.15) is 0 Å². The topological polar surface area (TPSA) is 108 Å². The summed E-state index contributed by atoms with van der Waals surface area (Å²) in [4.78, 5) is 17.1. The predicted octanol–water partition coefficient (Wildman–Crippen LogP) is 3.69. The smallest absolute Gasteiger partial charge is 0.243 e. The summed E-state index contributed by atoms with van der Waals surface area (Å²) in [6.45, 7) is 2.91. The van der Waals surface area contributed by atoms with E-state index >= 15 is 0 Å². The molecule has 1 fully saturated rings. The van der Waals surface area contributed by atoms with E-state index in [0.29, 0.717) is 29.8 Å². The largest absolute Gasteiger partial charge is 0.325 e. The number of nitrogens with one attached hydrogen (secondary N) is 2. The maximum Gasteiger partial charge on any atom is 0.243 e. The summed E-state index contributed by atoms with van der Waals surface area (Å²) in [5, 5.41) is 10.3. The molecule has 1 saturated heterocycles. The van der Waals surface area contributed by atoms with Crippen LogP contribution in [0.5, 0.6) is 0 Å². The molecule has 1 aromatic heterocycles. The minimum atomic E-state index is -3.56. The molecule has 0 radical (unpaired) electrons. The summed E-state index contributed by atoms with van der Waals surface area (Å²) in [6, 6.07) is 14.5. The number of H-pyrrole nitrogens is 1. The molecule has 0 atom stereocenters. The first kappa shape index (κ1) is 22.5. The fourth-order valence-corrected chi connectivity index (χ4v) is 5.65. The van der Waals surface area contributed by atoms with Crippen LogP contribution < -0.4 is 5.32 Å². The van der Waals surface area contributed by atoms with Crippen molar-refractivity contribution < 1.29 is 13.2 Å². The number of hydrogen-bond acceptors (Lipinski definition) is 6. The van der Waals surface area contributed by atoms with Gasteiger partial charge in [0.15, 0.2) is 5.82 Å². The molecule has 0 spiro atoms. The van der Waals surface area contributed by atoms with Gasteiger partial charge in [-0.05, 0) is 37.5 Å². The number of sulfonamides is 1. The van der Waals surface area contributed by atoms with Crippen LogP contribution in [0, 0.1) is 6.92 Å². The van der Waals surface area contributed by atoms with Gasteiger partial charge in [-0.25, -0.2) is 13.4 Å². The van der Waals surface area contributed by atoms with Gasteiger partial charge in [-0.1, -0.05) is 54.6 Å². The highest BCUT2D eigenvalue weighted by atomic mass is 32.2.